The molecule has 0 spiro atoms. The normalized spacial score (nSPS) is 18.4. The van der Waals surface area contributed by atoms with Crippen molar-refractivity contribution in [3.63, 3.8) is 0 Å². The standard InChI is InChI=1S/C28H24N4O2S3/c1-4-31-22-15-20(34-3)11-13-24(22)36-27(31)25-26(33)32(16-18-8-6-5-7-9-18)28(37-25)30-19-10-12-23-21(14-19)29-17(2)35-23/h5-15H,4,16H2,1-3H3/b27-25-,30-28?. The molecule has 186 valence electrons. The molecular weight excluding hydrogens is 521 g/mol. The van der Waals surface area contributed by atoms with Gasteiger partial charge in [0.2, 0.25) is 0 Å². The number of hydrogen-bond donors (Lipinski definition) is 0. The van der Waals surface area contributed by atoms with E-state index in [1.165, 1.54) is 11.8 Å². The lowest BCUT2D eigenvalue weighted by molar-refractivity contribution is -0.122. The fraction of sp³-hybridized carbons (Fsp3) is 0.179. The maximum Gasteiger partial charge on any atom is 0.269 e. The Balaban J connectivity index is 1.42. The van der Waals surface area contributed by atoms with Gasteiger partial charge in [0.25, 0.3) is 5.91 Å². The molecule has 1 aromatic heterocycles. The summed E-state index contributed by atoms with van der Waals surface area (Å²) in [5.41, 5.74) is 3.84. The molecular formula is C28H24N4O2S3. The molecule has 0 bridgehead atoms. The first-order chi connectivity index (χ1) is 18.0. The number of amidine groups is 1. The van der Waals surface area contributed by atoms with Crippen LogP contribution in [-0.4, -0.2) is 34.6 Å². The number of benzene rings is 3. The molecule has 37 heavy (non-hydrogen) atoms. The SMILES string of the molecule is CCN1/C(=C2/SC(=Nc3ccc4sc(C)nc4c3)N(Cc3ccccc3)C2=O)Sc2ccc(OC)cc21. The minimum Gasteiger partial charge on any atom is -0.497 e. The number of nitrogens with zero attached hydrogens (tertiary/aromatic N) is 4. The van der Waals surface area contributed by atoms with E-state index < -0.39 is 0 Å². The highest BCUT2D eigenvalue weighted by molar-refractivity contribution is 8.19. The van der Waals surface area contributed by atoms with Crippen LogP contribution < -0.4 is 9.64 Å². The second-order valence-corrected chi connectivity index (χ2v) is 11.8. The van der Waals surface area contributed by atoms with Gasteiger partial charge in [-0.25, -0.2) is 9.98 Å². The fourth-order valence-electron chi connectivity index (χ4n) is 4.41. The molecule has 2 aliphatic heterocycles. The molecule has 3 heterocycles. The van der Waals surface area contributed by atoms with E-state index in [0.29, 0.717) is 16.6 Å². The first kappa shape index (κ1) is 24.1. The summed E-state index contributed by atoms with van der Waals surface area (Å²) < 4.78 is 6.59. The Bertz CT molecular complexity index is 1580. The summed E-state index contributed by atoms with van der Waals surface area (Å²) in [7, 11) is 1.67. The Morgan fingerprint density at radius 3 is 2.62 bits per heavy atom. The molecule has 3 aromatic carbocycles. The van der Waals surface area contributed by atoms with Crippen molar-refractivity contribution in [2.75, 3.05) is 18.6 Å². The number of fused-ring (bicyclic) bond motifs is 2. The maximum absolute atomic E-state index is 13.9. The van der Waals surface area contributed by atoms with Gasteiger partial charge in [0, 0.05) is 17.5 Å². The van der Waals surface area contributed by atoms with E-state index in [4.69, 9.17) is 9.73 Å². The number of rotatable bonds is 5. The van der Waals surface area contributed by atoms with Crippen LogP contribution in [0, 0.1) is 6.92 Å². The predicted octanol–water partition coefficient (Wildman–Crippen LogP) is 7.18. The number of aliphatic imine (C=N–C) groups is 1. The van der Waals surface area contributed by atoms with Crippen LogP contribution in [0.2, 0.25) is 0 Å². The molecule has 1 fully saturated rings. The van der Waals surface area contributed by atoms with Crippen LogP contribution in [-0.2, 0) is 11.3 Å². The van der Waals surface area contributed by atoms with Crippen LogP contribution >= 0.6 is 34.9 Å². The molecule has 2 aliphatic rings. The van der Waals surface area contributed by atoms with Crippen molar-refractivity contribution in [3.8, 4) is 5.75 Å². The monoisotopic (exact) mass is 544 g/mol. The van der Waals surface area contributed by atoms with Crippen molar-refractivity contribution < 1.29 is 9.53 Å². The minimum atomic E-state index is -0.0288. The number of carbonyl (C=O) groups is 1. The van der Waals surface area contributed by atoms with Gasteiger partial charge in [0.1, 0.15) is 15.7 Å². The zero-order valence-electron chi connectivity index (χ0n) is 20.6. The van der Waals surface area contributed by atoms with Gasteiger partial charge in [0.05, 0.1) is 40.3 Å². The number of aryl methyl sites for hydroxylation is 1. The number of amides is 1. The molecule has 1 saturated heterocycles. The molecule has 6 nitrogen and oxygen atoms in total. The molecule has 6 rings (SSSR count). The number of hydrogen-bond acceptors (Lipinski definition) is 8. The highest BCUT2D eigenvalue weighted by Crippen LogP contribution is 2.51. The molecule has 0 N–H and O–H groups in total. The predicted molar refractivity (Wildman–Crippen MR) is 155 cm³/mol. The Morgan fingerprint density at radius 1 is 1.00 bits per heavy atom. The molecule has 0 atom stereocenters. The van der Waals surface area contributed by atoms with E-state index in [-0.39, 0.29) is 5.91 Å². The fourth-order valence-corrected chi connectivity index (χ4v) is 7.59. The van der Waals surface area contributed by atoms with Gasteiger partial charge in [-0.2, -0.15) is 0 Å². The maximum atomic E-state index is 13.9. The Kier molecular flexibility index (Phi) is 6.44. The Labute approximate surface area is 228 Å². The second-order valence-electron chi connectivity index (χ2n) is 8.57. The Hall–Kier alpha value is -3.27. The number of carbonyl (C=O) groups excluding carboxylic acids is 1. The number of aromatic nitrogens is 1. The summed E-state index contributed by atoms with van der Waals surface area (Å²) in [6.45, 7) is 5.30. The van der Waals surface area contributed by atoms with Crippen molar-refractivity contribution in [1.82, 2.24) is 9.88 Å². The second kappa shape index (κ2) is 9.89. The van der Waals surface area contributed by atoms with Crippen LogP contribution in [0.4, 0.5) is 11.4 Å². The number of ether oxygens (including phenoxy) is 1. The zero-order valence-corrected chi connectivity index (χ0v) is 23.0. The molecule has 4 aromatic rings. The van der Waals surface area contributed by atoms with Gasteiger partial charge in [0.15, 0.2) is 5.17 Å². The lowest BCUT2D eigenvalue weighted by atomic mass is 10.2. The third-order valence-electron chi connectivity index (χ3n) is 6.17. The van der Waals surface area contributed by atoms with Gasteiger partial charge < -0.3 is 9.64 Å². The topological polar surface area (TPSA) is 58.0 Å². The van der Waals surface area contributed by atoms with Gasteiger partial charge in [-0.1, -0.05) is 42.1 Å². The van der Waals surface area contributed by atoms with Crippen molar-refractivity contribution in [2.24, 2.45) is 4.99 Å². The highest BCUT2D eigenvalue weighted by atomic mass is 32.2. The van der Waals surface area contributed by atoms with Gasteiger partial charge in [-0.05, 0) is 61.5 Å². The first-order valence-electron chi connectivity index (χ1n) is 11.9. The summed E-state index contributed by atoms with van der Waals surface area (Å²) in [5, 5.41) is 2.64. The number of anilines is 1. The summed E-state index contributed by atoms with van der Waals surface area (Å²) >= 11 is 4.74. The van der Waals surface area contributed by atoms with Crippen LogP contribution in [0.3, 0.4) is 0 Å². The van der Waals surface area contributed by atoms with Gasteiger partial charge in [-0.3, -0.25) is 9.69 Å². The van der Waals surface area contributed by atoms with E-state index in [1.807, 2.05) is 61.5 Å². The van der Waals surface area contributed by atoms with Crippen molar-refractivity contribution in [3.05, 3.63) is 87.2 Å². The summed E-state index contributed by atoms with van der Waals surface area (Å²) in [6.07, 6.45) is 0. The largest absolute Gasteiger partial charge is 0.497 e. The van der Waals surface area contributed by atoms with E-state index in [1.54, 1.807) is 35.1 Å². The Morgan fingerprint density at radius 2 is 1.84 bits per heavy atom. The van der Waals surface area contributed by atoms with Gasteiger partial charge in [-0.15, -0.1) is 11.3 Å². The molecule has 0 radical (unpaired) electrons. The third-order valence-corrected chi connectivity index (χ3v) is 9.50. The van der Waals surface area contributed by atoms with Crippen LogP contribution in [0.15, 0.2) is 86.6 Å². The number of thioether (sulfide) groups is 2. The van der Waals surface area contributed by atoms with Crippen LogP contribution in [0.25, 0.3) is 10.2 Å². The summed E-state index contributed by atoms with van der Waals surface area (Å²) in [4.78, 5) is 29.3. The van der Waals surface area contributed by atoms with Gasteiger partial charge >= 0.3 is 0 Å². The van der Waals surface area contributed by atoms with Crippen molar-refractivity contribution in [2.45, 2.75) is 25.3 Å². The number of thiazole rings is 1. The quantitative estimate of drug-likeness (QED) is 0.248. The molecule has 1 amide bonds. The average Bonchev–Trinajstić information content (AvgIpc) is 3.56. The van der Waals surface area contributed by atoms with E-state index in [2.05, 4.69) is 28.9 Å². The smallest absolute Gasteiger partial charge is 0.269 e. The van der Waals surface area contributed by atoms with Crippen molar-refractivity contribution >= 4 is 67.5 Å². The van der Waals surface area contributed by atoms with Crippen LogP contribution in [0.5, 0.6) is 5.75 Å². The first-order valence-corrected chi connectivity index (χ1v) is 14.4. The lowest BCUT2D eigenvalue weighted by Gasteiger charge is -2.19. The highest BCUT2D eigenvalue weighted by Gasteiger charge is 2.39. The molecule has 0 unspecified atom stereocenters. The summed E-state index contributed by atoms with van der Waals surface area (Å²) in [6, 6.07) is 22.1. The average molecular weight is 545 g/mol. The van der Waals surface area contributed by atoms with Crippen molar-refractivity contribution in [1.29, 1.82) is 0 Å². The van der Waals surface area contributed by atoms with Crippen LogP contribution in [0.1, 0.15) is 17.5 Å². The molecule has 0 saturated carbocycles. The molecule has 9 heteroatoms. The van der Waals surface area contributed by atoms with E-state index in [0.717, 1.165) is 54.4 Å². The minimum absolute atomic E-state index is 0.0288. The zero-order chi connectivity index (χ0) is 25.5. The third kappa shape index (κ3) is 4.52. The summed E-state index contributed by atoms with van der Waals surface area (Å²) in [5.74, 6) is 0.772. The lowest BCUT2D eigenvalue weighted by Crippen LogP contribution is -2.29. The van der Waals surface area contributed by atoms with E-state index >= 15 is 0 Å². The molecule has 0 aliphatic carbocycles. The number of methoxy groups -OCH3 is 1. The van der Waals surface area contributed by atoms with E-state index in [9.17, 15) is 4.79 Å².